The zero-order chi connectivity index (χ0) is 13.7. The first kappa shape index (κ1) is 13.3. The van der Waals surface area contributed by atoms with Crippen molar-refractivity contribution in [2.75, 3.05) is 26.2 Å². The first-order chi connectivity index (χ1) is 9.16. The number of carboxylic acids is 1. The number of nitrogens with one attached hydrogen (secondary N) is 1. The fraction of sp³-hybridized carbons (Fsp3) is 0.286. The van der Waals surface area contributed by atoms with Crippen LogP contribution >= 0.6 is 0 Å². The van der Waals surface area contributed by atoms with Crippen molar-refractivity contribution in [3.05, 3.63) is 41.5 Å². The van der Waals surface area contributed by atoms with Gasteiger partial charge < -0.3 is 15.3 Å². The van der Waals surface area contributed by atoms with Crippen LogP contribution in [0.5, 0.6) is 0 Å². The highest BCUT2D eigenvalue weighted by molar-refractivity contribution is 5.94. The second-order valence-corrected chi connectivity index (χ2v) is 4.34. The molecule has 2 N–H and O–H groups in total. The molecular formula is C14H16N2O3. The summed E-state index contributed by atoms with van der Waals surface area (Å²) in [5.74, 6) is -0.962. The first-order valence-corrected chi connectivity index (χ1v) is 6.18. The van der Waals surface area contributed by atoms with Crippen molar-refractivity contribution < 1.29 is 14.7 Å². The number of hydrogen-bond donors (Lipinski definition) is 2. The Morgan fingerprint density at radius 1 is 1.16 bits per heavy atom. The normalized spacial score (nSPS) is 15.7. The summed E-state index contributed by atoms with van der Waals surface area (Å²) in [7, 11) is 0. The van der Waals surface area contributed by atoms with E-state index in [2.05, 4.69) is 5.32 Å². The van der Waals surface area contributed by atoms with Crippen LogP contribution in [-0.2, 0) is 4.79 Å². The number of benzene rings is 1. The Labute approximate surface area is 111 Å². The number of nitrogens with zero attached hydrogens (tertiary/aromatic N) is 1. The third-order valence-corrected chi connectivity index (χ3v) is 2.98. The number of hydrogen-bond acceptors (Lipinski definition) is 3. The fourth-order valence-electron chi connectivity index (χ4n) is 1.95. The van der Waals surface area contributed by atoms with E-state index in [1.54, 1.807) is 24.3 Å². The summed E-state index contributed by atoms with van der Waals surface area (Å²) in [6.07, 6.45) is 2.58. The molecule has 2 rings (SSSR count). The minimum absolute atomic E-state index is 0.0234. The van der Waals surface area contributed by atoms with Crippen molar-refractivity contribution in [2.45, 2.75) is 0 Å². The van der Waals surface area contributed by atoms with Crippen molar-refractivity contribution in [2.24, 2.45) is 0 Å². The van der Waals surface area contributed by atoms with Gasteiger partial charge in [-0.1, -0.05) is 12.1 Å². The molecule has 5 nitrogen and oxygen atoms in total. The van der Waals surface area contributed by atoms with Gasteiger partial charge in [0.1, 0.15) is 0 Å². The molecule has 19 heavy (non-hydrogen) atoms. The summed E-state index contributed by atoms with van der Waals surface area (Å²) in [4.78, 5) is 24.4. The van der Waals surface area contributed by atoms with Crippen LogP contribution in [0.2, 0.25) is 0 Å². The van der Waals surface area contributed by atoms with Crippen LogP contribution in [-0.4, -0.2) is 48.1 Å². The van der Waals surface area contributed by atoms with Crippen LogP contribution < -0.4 is 5.32 Å². The van der Waals surface area contributed by atoms with Gasteiger partial charge >= 0.3 is 5.97 Å². The van der Waals surface area contributed by atoms with Crippen molar-refractivity contribution >= 4 is 18.0 Å². The van der Waals surface area contributed by atoms with Gasteiger partial charge in [-0.15, -0.1) is 0 Å². The van der Waals surface area contributed by atoms with Gasteiger partial charge in [0.25, 0.3) is 5.91 Å². The number of carbonyl (C=O) groups is 2. The molecule has 1 amide bonds. The lowest BCUT2D eigenvalue weighted by atomic mass is 10.1. The average Bonchev–Trinajstić information content (AvgIpc) is 2.46. The van der Waals surface area contributed by atoms with Crippen LogP contribution in [0.15, 0.2) is 30.3 Å². The van der Waals surface area contributed by atoms with Gasteiger partial charge in [-0.25, -0.2) is 4.79 Å². The molecule has 1 aromatic rings. The van der Waals surface area contributed by atoms with E-state index in [0.717, 1.165) is 37.8 Å². The molecule has 1 aliphatic rings. The van der Waals surface area contributed by atoms with E-state index in [1.807, 2.05) is 4.90 Å². The predicted molar refractivity (Wildman–Crippen MR) is 71.9 cm³/mol. The number of carboxylic acid groups (broad SMARTS) is 1. The molecule has 1 heterocycles. The third-order valence-electron chi connectivity index (χ3n) is 2.98. The molecule has 0 atom stereocenters. The Morgan fingerprint density at radius 3 is 2.37 bits per heavy atom. The molecule has 1 aliphatic heterocycles. The van der Waals surface area contributed by atoms with Crippen LogP contribution in [0.1, 0.15) is 15.9 Å². The second-order valence-electron chi connectivity index (χ2n) is 4.34. The summed E-state index contributed by atoms with van der Waals surface area (Å²) in [5.41, 5.74) is 1.40. The van der Waals surface area contributed by atoms with Gasteiger partial charge in [-0.2, -0.15) is 0 Å². The molecule has 0 aliphatic carbocycles. The predicted octanol–water partition coefficient (Wildman–Crippen LogP) is 0.830. The molecule has 1 fully saturated rings. The monoisotopic (exact) mass is 260 g/mol. The van der Waals surface area contributed by atoms with E-state index in [4.69, 9.17) is 5.11 Å². The Balaban J connectivity index is 2.05. The van der Waals surface area contributed by atoms with Gasteiger partial charge in [0, 0.05) is 37.8 Å². The quantitative estimate of drug-likeness (QED) is 0.790. The average molecular weight is 260 g/mol. The van der Waals surface area contributed by atoms with Gasteiger partial charge in [0.2, 0.25) is 0 Å². The summed E-state index contributed by atoms with van der Waals surface area (Å²) >= 11 is 0. The minimum atomic E-state index is -0.985. The largest absolute Gasteiger partial charge is 0.478 e. The van der Waals surface area contributed by atoms with E-state index in [1.165, 1.54) is 6.08 Å². The second kappa shape index (κ2) is 6.15. The number of rotatable bonds is 3. The highest BCUT2D eigenvalue weighted by atomic mass is 16.4. The number of carbonyl (C=O) groups excluding carboxylic acids is 1. The van der Waals surface area contributed by atoms with Gasteiger partial charge in [0.05, 0.1) is 0 Å². The van der Waals surface area contributed by atoms with Crippen LogP contribution in [0.4, 0.5) is 0 Å². The summed E-state index contributed by atoms with van der Waals surface area (Å²) < 4.78 is 0. The first-order valence-electron chi connectivity index (χ1n) is 6.18. The Bertz CT molecular complexity index is 488. The maximum atomic E-state index is 12.2. The molecule has 5 heteroatoms. The van der Waals surface area contributed by atoms with Crippen LogP contribution in [0.3, 0.4) is 0 Å². The lowest BCUT2D eigenvalue weighted by Gasteiger charge is -2.27. The molecule has 1 saturated heterocycles. The Morgan fingerprint density at radius 2 is 1.79 bits per heavy atom. The Hall–Kier alpha value is -2.14. The van der Waals surface area contributed by atoms with E-state index in [-0.39, 0.29) is 5.91 Å². The molecule has 1 aromatic carbocycles. The molecule has 100 valence electrons. The molecule has 0 aromatic heterocycles. The van der Waals surface area contributed by atoms with Crippen LogP contribution in [0.25, 0.3) is 6.08 Å². The topological polar surface area (TPSA) is 69.6 Å². The lowest BCUT2D eigenvalue weighted by Crippen LogP contribution is -2.46. The molecule has 0 spiro atoms. The van der Waals surface area contributed by atoms with E-state index < -0.39 is 5.97 Å². The maximum absolute atomic E-state index is 12.2. The minimum Gasteiger partial charge on any atom is -0.478 e. The Kier molecular flexibility index (Phi) is 4.30. The van der Waals surface area contributed by atoms with Crippen molar-refractivity contribution in [3.8, 4) is 0 Å². The molecule has 0 unspecified atom stereocenters. The molecule has 0 bridgehead atoms. The number of amides is 1. The van der Waals surface area contributed by atoms with Crippen molar-refractivity contribution in [1.82, 2.24) is 10.2 Å². The smallest absolute Gasteiger partial charge is 0.328 e. The summed E-state index contributed by atoms with van der Waals surface area (Å²) in [5, 5.41) is 11.7. The fourth-order valence-corrected chi connectivity index (χ4v) is 1.95. The number of piperazine rings is 1. The van der Waals surface area contributed by atoms with E-state index in [9.17, 15) is 9.59 Å². The van der Waals surface area contributed by atoms with Crippen LogP contribution in [0, 0.1) is 0 Å². The zero-order valence-corrected chi connectivity index (χ0v) is 10.5. The molecule has 0 radical (unpaired) electrons. The standard InChI is InChI=1S/C14H16N2O3/c17-13(18)6-3-11-1-4-12(5-2-11)14(19)16-9-7-15-8-10-16/h1-6,15H,7-10H2,(H,17,18)/b6-3+. The highest BCUT2D eigenvalue weighted by Gasteiger charge is 2.17. The molecule has 0 saturated carbocycles. The van der Waals surface area contributed by atoms with Gasteiger partial charge in [0.15, 0.2) is 0 Å². The summed E-state index contributed by atoms with van der Waals surface area (Å²) in [6.45, 7) is 3.09. The third kappa shape index (κ3) is 3.66. The van der Waals surface area contributed by atoms with E-state index in [0.29, 0.717) is 5.56 Å². The van der Waals surface area contributed by atoms with Crippen molar-refractivity contribution in [3.63, 3.8) is 0 Å². The SMILES string of the molecule is O=C(O)/C=C/c1ccc(C(=O)N2CCNCC2)cc1. The maximum Gasteiger partial charge on any atom is 0.328 e. The zero-order valence-electron chi connectivity index (χ0n) is 10.5. The molecular weight excluding hydrogens is 244 g/mol. The lowest BCUT2D eigenvalue weighted by molar-refractivity contribution is -0.131. The van der Waals surface area contributed by atoms with Gasteiger partial charge in [-0.3, -0.25) is 4.79 Å². The van der Waals surface area contributed by atoms with Gasteiger partial charge in [-0.05, 0) is 23.8 Å². The highest BCUT2D eigenvalue weighted by Crippen LogP contribution is 2.09. The van der Waals surface area contributed by atoms with Crippen molar-refractivity contribution in [1.29, 1.82) is 0 Å². The number of aliphatic carboxylic acids is 1. The van der Waals surface area contributed by atoms with E-state index >= 15 is 0 Å². The summed E-state index contributed by atoms with van der Waals surface area (Å²) in [6, 6.07) is 6.95.